The van der Waals surface area contributed by atoms with Gasteiger partial charge in [0.2, 0.25) is 0 Å². The van der Waals surface area contributed by atoms with Crippen LogP contribution in [0.1, 0.15) is 53.2 Å². The predicted molar refractivity (Wildman–Crippen MR) is 92.4 cm³/mol. The van der Waals surface area contributed by atoms with Crippen LogP contribution < -0.4 is 0 Å². The first-order chi connectivity index (χ1) is 10.5. The third-order valence-electron chi connectivity index (χ3n) is 5.02. The number of aliphatic hydroxyl groups excluding tert-OH is 1. The highest BCUT2D eigenvalue weighted by atomic mass is 28.3. The van der Waals surface area contributed by atoms with Crippen LogP contribution in [0.4, 0.5) is 8.78 Å². The van der Waals surface area contributed by atoms with Crippen LogP contribution >= 0.6 is 0 Å². The fourth-order valence-electron chi connectivity index (χ4n) is 4.04. The lowest BCUT2D eigenvalue weighted by Gasteiger charge is -2.43. The zero-order valence-corrected chi connectivity index (χ0v) is 15.8. The van der Waals surface area contributed by atoms with Gasteiger partial charge in [0.25, 0.3) is 0 Å². The topological polar surface area (TPSA) is 37.3 Å². The molecule has 0 saturated heterocycles. The highest BCUT2D eigenvalue weighted by Gasteiger charge is 2.61. The number of alkyl halides is 2. The van der Waals surface area contributed by atoms with E-state index in [2.05, 4.69) is 0 Å². The van der Waals surface area contributed by atoms with Gasteiger partial charge in [-0.3, -0.25) is 4.79 Å². The summed E-state index contributed by atoms with van der Waals surface area (Å²) in [6.45, 7) is 11.1. The number of halogens is 2. The molecular formula is C18H28F2O2Si. The lowest BCUT2D eigenvalue weighted by atomic mass is 10.0. The number of carbonyl (C=O) groups excluding carboxylic acids is 1. The Morgan fingerprint density at radius 3 is 1.70 bits per heavy atom. The molecule has 0 saturated carbocycles. The monoisotopic (exact) mass is 342 g/mol. The highest BCUT2D eigenvalue weighted by molar-refractivity contribution is 7.09. The number of rotatable bonds is 7. The maximum Gasteiger partial charge on any atom is 0.330 e. The molecule has 0 heterocycles. The maximum atomic E-state index is 14.9. The zero-order valence-electron chi connectivity index (χ0n) is 14.8. The Bertz CT molecular complexity index is 505. The van der Waals surface area contributed by atoms with Crippen molar-refractivity contribution in [1.29, 1.82) is 0 Å². The number of aliphatic hydroxyl groups is 1. The number of hydrogen-bond donors (Lipinski definition) is 1. The first kappa shape index (κ1) is 20.0. The van der Waals surface area contributed by atoms with Crippen molar-refractivity contribution in [3.8, 4) is 0 Å². The average molecular weight is 343 g/mol. The molecule has 0 aliphatic heterocycles. The van der Waals surface area contributed by atoms with E-state index >= 15 is 0 Å². The SMILES string of the molecule is CC(C)[Si](C(=O)C(F)(F)C(O)c1ccccc1)(C(C)C)C(C)C. The van der Waals surface area contributed by atoms with Crippen molar-refractivity contribution in [1.82, 2.24) is 0 Å². The van der Waals surface area contributed by atoms with Crippen molar-refractivity contribution in [3.05, 3.63) is 35.9 Å². The van der Waals surface area contributed by atoms with Crippen LogP contribution in [-0.2, 0) is 4.79 Å². The molecule has 0 aliphatic carbocycles. The summed E-state index contributed by atoms with van der Waals surface area (Å²) >= 11 is 0. The summed E-state index contributed by atoms with van der Waals surface area (Å²) in [5, 5.41) is 9.15. The van der Waals surface area contributed by atoms with Gasteiger partial charge in [-0.2, -0.15) is 8.78 Å². The molecule has 0 amide bonds. The molecular weight excluding hydrogens is 314 g/mol. The van der Waals surface area contributed by atoms with Gasteiger partial charge < -0.3 is 5.11 Å². The van der Waals surface area contributed by atoms with Gasteiger partial charge in [-0.1, -0.05) is 71.9 Å². The van der Waals surface area contributed by atoms with Gasteiger partial charge in [0.1, 0.15) is 14.2 Å². The fourth-order valence-corrected chi connectivity index (χ4v) is 10.3. The third kappa shape index (κ3) is 3.40. The largest absolute Gasteiger partial charge is 0.382 e. The maximum absolute atomic E-state index is 14.9. The van der Waals surface area contributed by atoms with Crippen molar-refractivity contribution in [2.75, 3.05) is 0 Å². The zero-order chi connectivity index (χ0) is 18.0. The van der Waals surface area contributed by atoms with Crippen molar-refractivity contribution in [2.45, 2.75) is 70.2 Å². The van der Waals surface area contributed by atoms with Crippen LogP contribution in [0.2, 0.25) is 16.6 Å². The van der Waals surface area contributed by atoms with Gasteiger partial charge in [-0.05, 0) is 22.2 Å². The molecule has 0 spiro atoms. The van der Waals surface area contributed by atoms with E-state index in [9.17, 15) is 18.7 Å². The minimum absolute atomic E-state index is 0.0741. The van der Waals surface area contributed by atoms with Gasteiger partial charge in [-0.15, -0.1) is 0 Å². The van der Waals surface area contributed by atoms with Crippen LogP contribution in [0.5, 0.6) is 0 Å². The van der Waals surface area contributed by atoms with Crippen molar-refractivity contribution in [3.63, 3.8) is 0 Å². The van der Waals surface area contributed by atoms with E-state index in [0.29, 0.717) is 0 Å². The van der Waals surface area contributed by atoms with Crippen molar-refractivity contribution >= 4 is 13.5 Å². The summed E-state index contributed by atoms with van der Waals surface area (Å²) in [7, 11) is -3.01. The molecule has 130 valence electrons. The first-order valence-corrected chi connectivity index (χ1v) is 10.4. The second-order valence-electron chi connectivity index (χ2n) is 7.16. The number of hydrogen-bond acceptors (Lipinski definition) is 2. The van der Waals surface area contributed by atoms with Gasteiger partial charge in [0, 0.05) is 0 Å². The van der Waals surface area contributed by atoms with Crippen molar-refractivity contribution < 1.29 is 18.7 Å². The molecule has 1 N–H and O–H groups in total. The Kier molecular flexibility index (Phi) is 6.27. The third-order valence-corrected chi connectivity index (χ3v) is 11.9. The van der Waals surface area contributed by atoms with E-state index in [1.807, 2.05) is 41.5 Å². The summed E-state index contributed by atoms with van der Waals surface area (Å²) in [5.74, 6) is -3.77. The molecule has 0 aliphatic rings. The summed E-state index contributed by atoms with van der Waals surface area (Å²) in [6.07, 6.45) is -2.10. The van der Waals surface area contributed by atoms with E-state index < -0.39 is 25.5 Å². The normalized spacial score (nSPS) is 14.6. The van der Waals surface area contributed by atoms with Gasteiger partial charge in [0.05, 0.1) is 0 Å². The molecule has 1 aromatic carbocycles. The van der Waals surface area contributed by atoms with Gasteiger partial charge in [0.15, 0.2) is 5.41 Å². The smallest absolute Gasteiger partial charge is 0.330 e. The molecule has 0 fully saturated rings. The summed E-state index contributed by atoms with van der Waals surface area (Å²) < 4.78 is 29.8. The molecule has 1 aromatic rings. The van der Waals surface area contributed by atoms with E-state index in [1.54, 1.807) is 18.2 Å². The second kappa shape index (κ2) is 7.22. The lowest BCUT2D eigenvalue weighted by molar-refractivity contribution is -0.154. The minimum atomic E-state index is -3.77. The molecule has 5 heteroatoms. The van der Waals surface area contributed by atoms with Crippen LogP contribution in [-0.4, -0.2) is 24.5 Å². The van der Waals surface area contributed by atoms with E-state index in [0.717, 1.165) is 0 Å². The Morgan fingerprint density at radius 2 is 1.35 bits per heavy atom. The fraction of sp³-hybridized carbons (Fsp3) is 0.611. The Hall–Kier alpha value is -1.07. The number of benzene rings is 1. The Morgan fingerprint density at radius 1 is 0.957 bits per heavy atom. The molecule has 0 radical (unpaired) electrons. The Balaban J connectivity index is 3.36. The van der Waals surface area contributed by atoms with Crippen LogP contribution in [0.3, 0.4) is 0 Å². The van der Waals surface area contributed by atoms with E-state index in [1.165, 1.54) is 12.1 Å². The average Bonchev–Trinajstić information content (AvgIpc) is 2.46. The lowest BCUT2D eigenvalue weighted by Crippen LogP contribution is -2.60. The van der Waals surface area contributed by atoms with Crippen LogP contribution in [0, 0.1) is 0 Å². The molecule has 0 aromatic heterocycles. The first-order valence-electron chi connectivity index (χ1n) is 8.16. The predicted octanol–water partition coefficient (Wildman–Crippen LogP) is 5.14. The molecule has 0 bridgehead atoms. The summed E-state index contributed by atoms with van der Waals surface area (Å²) in [5.41, 5.74) is -0.290. The van der Waals surface area contributed by atoms with Gasteiger partial charge in [-0.25, -0.2) is 0 Å². The standard InChI is InChI=1S/C18H28F2O2Si/c1-12(2)23(13(3)4,14(5)6)17(22)18(19,20)16(21)15-10-8-7-9-11-15/h7-14,16,21H,1-6H3. The number of carbonyl (C=O) groups is 1. The van der Waals surface area contributed by atoms with Gasteiger partial charge >= 0.3 is 5.92 Å². The molecule has 1 atom stereocenters. The van der Waals surface area contributed by atoms with Crippen LogP contribution in [0.15, 0.2) is 30.3 Å². The van der Waals surface area contributed by atoms with Crippen molar-refractivity contribution in [2.24, 2.45) is 0 Å². The highest BCUT2D eigenvalue weighted by Crippen LogP contribution is 2.47. The Labute approximate surface area is 138 Å². The molecule has 1 rings (SSSR count). The molecule has 23 heavy (non-hydrogen) atoms. The molecule has 1 unspecified atom stereocenters. The van der Waals surface area contributed by atoms with E-state index in [4.69, 9.17) is 0 Å². The quantitative estimate of drug-likeness (QED) is 0.696. The summed E-state index contributed by atoms with van der Waals surface area (Å²) in [6, 6.07) is 7.70. The second-order valence-corrected chi connectivity index (χ2v) is 12.9. The summed E-state index contributed by atoms with van der Waals surface area (Å²) in [4.78, 5) is 13.0. The molecule has 2 nitrogen and oxygen atoms in total. The van der Waals surface area contributed by atoms with E-state index in [-0.39, 0.29) is 22.2 Å². The van der Waals surface area contributed by atoms with Crippen LogP contribution in [0.25, 0.3) is 0 Å². The minimum Gasteiger partial charge on any atom is -0.382 e.